The highest BCUT2D eigenvalue weighted by Crippen LogP contribution is 2.15. The second kappa shape index (κ2) is 3.75. The van der Waals surface area contributed by atoms with Crippen molar-refractivity contribution in [3.63, 3.8) is 0 Å². The monoisotopic (exact) mass is 227 g/mol. The van der Waals surface area contributed by atoms with Gasteiger partial charge in [-0.25, -0.2) is 9.89 Å². The topological polar surface area (TPSA) is 78.8 Å². The van der Waals surface area contributed by atoms with Crippen LogP contribution in [0.25, 0.3) is 10.9 Å². The van der Waals surface area contributed by atoms with E-state index in [1.165, 1.54) is 6.33 Å². The molecule has 0 saturated heterocycles. The van der Waals surface area contributed by atoms with Gasteiger partial charge >= 0.3 is 5.69 Å². The summed E-state index contributed by atoms with van der Waals surface area (Å²) in [5.74, 6) is 0. The summed E-state index contributed by atoms with van der Waals surface area (Å²) in [4.78, 5) is 14.3. The smallest absolute Gasteiger partial charge is 0.361 e. The van der Waals surface area contributed by atoms with Gasteiger partial charge in [0.15, 0.2) is 0 Å². The summed E-state index contributed by atoms with van der Waals surface area (Å²) < 4.78 is 1.14. The highest BCUT2D eigenvalue weighted by Gasteiger charge is 2.00. The molecule has 0 amide bonds. The molecule has 0 saturated carbocycles. The number of aromatic amines is 2. The van der Waals surface area contributed by atoms with Crippen molar-refractivity contribution in [2.24, 2.45) is 5.10 Å². The molecule has 6 nitrogen and oxygen atoms in total. The van der Waals surface area contributed by atoms with Gasteiger partial charge in [0, 0.05) is 22.7 Å². The highest BCUT2D eigenvalue weighted by molar-refractivity contribution is 5.98. The Labute approximate surface area is 95.6 Å². The van der Waals surface area contributed by atoms with Crippen molar-refractivity contribution < 1.29 is 0 Å². The number of rotatable bonds is 2. The molecule has 0 unspecified atom stereocenters. The van der Waals surface area contributed by atoms with Crippen LogP contribution in [0.15, 0.2) is 46.7 Å². The van der Waals surface area contributed by atoms with E-state index < -0.39 is 0 Å². The number of H-pyrrole nitrogens is 2. The average molecular weight is 227 g/mol. The molecule has 0 fully saturated rings. The zero-order chi connectivity index (χ0) is 11.7. The summed E-state index contributed by atoms with van der Waals surface area (Å²) in [5, 5.41) is 10.9. The van der Waals surface area contributed by atoms with Crippen molar-refractivity contribution >= 4 is 17.1 Å². The normalized spacial score (nSPS) is 11.5. The van der Waals surface area contributed by atoms with Gasteiger partial charge in [0.2, 0.25) is 0 Å². The molecule has 0 bridgehead atoms. The van der Waals surface area contributed by atoms with Crippen LogP contribution in [0.1, 0.15) is 5.56 Å². The highest BCUT2D eigenvalue weighted by atomic mass is 16.2. The van der Waals surface area contributed by atoms with Crippen LogP contribution in [0, 0.1) is 0 Å². The molecule has 3 rings (SSSR count). The molecule has 17 heavy (non-hydrogen) atoms. The lowest BCUT2D eigenvalue weighted by atomic mass is 10.2. The number of para-hydroxylation sites is 1. The maximum Gasteiger partial charge on any atom is 0.363 e. The van der Waals surface area contributed by atoms with E-state index in [0.29, 0.717) is 0 Å². The quantitative estimate of drug-likeness (QED) is 0.639. The fourth-order valence-electron chi connectivity index (χ4n) is 1.65. The first kappa shape index (κ1) is 9.59. The predicted octanol–water partition coefficient (Wildman–Crippen LogP) is 0.935. The van der Waals surface area contributed by atoms with Crippen LogP contribution in [0.3, 0.4) is 0 Å². The van der Waals surface area contributed by atoms with Crippen LogP contribution in [-0.2, 0) is 0 Å². The molecule has 0 atom stereocenters. The van der Waals surface area contributed by atoms with E-state index in [9.17, 15) is 4.79 Å². The number of hydrogen-bond donors (Lipinski definition) is 2. The maximum atomic E-state index is 11.2. The van der Waals surface area contributed by atoms with Gasteiger partial charge in [-0.15, -0.1) is 0 Å². The van der Waals surface area contributed by atoms with Crippen molar-refractivity contribution in [2.75, 3.05) is 0 Å². The lowest BCUT2D eigenvalue weighted by Gasteiger charge is -1.90. The Morgan fingerprint density at radius 1 is 1.35 bits per heavy atom. The first-order chi connectivity index (χ1) is 8.34. The van der Waals surface area contributed by atoms with Crippen LogP contribution in [0.5, 0.6) is 0 Å². The molecule has 2 heterocycles. The number of aromatic nitrogens is 4. The van der Waals surface area contributed by atoms with Crippen molar-refractivity contribution in [3.8, 4) is 0 Å². The van der Waals surface area contributed by atoms with Gasteiger partial charge in [-0.2, -0.15) is 14.9 Å². The summed E-state index contributed by atoms with van der Waals surface area (Å²) in [6.45, 7) is 0. The molecule has 1 aromatic carbocycles. The zero-order valence-electron chi connectivity index (χ0n) is 8.79. The molecule has 0 aliphatic rings. The second-order valence-electron chi connectivity index (χ2n) is 3.54. The Balaban J connectivity index is 2.03. The number of hydrogen-bond acceptors (Lipinski definition) is 3. The van der Waals surface area contributed by atoms with E-state index in [-0.39, 0.29) is 5.69 Å². The Morgan fingerprint density at radius 3 is 3.06 bits per heavy atom. The minimum Gasteiger partial charge on any atom is -0.361 e. The van der Waals surface area contributed by atoms with Crippen LogP contribution in [0.4, 0.5) is 0 Å². The molecule has 0 aliphatic carbocycles. The van der Waals surface area contributed by atoms with Crippen LogP contribution in [0.2, 0.25) is 0 Å². The van der Waals surface area contributed by atoms with Crippen LogP contribution < -0.4 is 5.69 Å². The fourth-order valence-corrected chi connectivity index (χ4v) is 1.65. The van der Waals surface area contributed by atoms with Crippen molar-refractivity contribution in [1.82, 2.24) is 19.9 Å². The number of nitrogens with one attached hydrogen (secondary N) is 2. The van der Waals surface area contributed by atoms with Gasteiger partial charge in [-0.1, -0.05) is 18.2 Å². The Bertz CT molecular complexity index is 733. The molecule has 0 spiro atoms. The third kappa shape index (κ3) is 1.65. The third-order valence-electron chi connectivity index (χ3n) is 2.48. The van der Waals surface area contributed by atoms with Crippen LogP contribution >= 0.6 is 0 Å². The minimum atomic E-state index is -0.360. The summed E-state index contributed by atoms with van der Waals surface area (Å²) in [6.07, 6.45) is 4.79. The van der Waals surface area contributed by atoms with Crippen molar-refractivity contribution in [3.05, 3.63) is 52.8 Å². The summed E-state index contributed by atoms with van der Waals surface area (Å²) in [6, 6.07) is 7.89. The summed E-state index contributed by atoms with van der Waals surface area (Å²) in [5.41, 5.74) is 1.60. The third-order valence-corrected chi connectivity index (χ3v) is 2.48. The average Bonchev–Trinajstić information content (AvgIpc) is 2.93. The standard InChI is InChI=1S/C11H9N5O/c17-11-15-13-7-16(11)14-6-8-5-12-10-4-2-1-3-9(8)10/h1-7,12H,(H,15,17). The number of benzene rings is 1. The molecule has 0 aliphatic heterocycles. The number of nitrogens with zero attached hydrogens (tertiary/aromatic N) is 3. The van der Waals surface area contributed by atoms with E-state index in [2.05, 4.69) is 20.3 Å². The molecule has 3 aromatic rings. The molecule has 0 radical (unpaired) electrons. The minimum absolute atomic E-state index is 0.360. The van der Waals surface area contributed by atoms with Gasteiger partial charge in [-0.05, 0) is 6.07 Å². The first-order valence-corrected chi connectivity index (χ1v) is 5.07. The Hall–Kier alpha value is -2.63. The molecule has 84 valence electrons. The van der Waals surface area contributed by atoms with Gasteiger partial charge < -0.3 is 4.98 Å². The van der Waals surface area contributed by atoms with Crippen LogP contribution in [-0.4, -0.2) is 26.1 Å². The van der Waals surface area contributed by atoms with E-state index in [4.69, 9.17) is 0 Å². The van der Waals surface area contributed by atoms with Gasteiger partial charge in [0.25, 0.3) is 0 Å². The second-order valence-corrected chi connectivity index (χ2v) is 3.54. The van der Waals surface area contributed by atoms with E-state index >= 15 is 0 Å². The van der Waals surface area contributed by atoms with E-state index in [1.807, 2.05) is 30.5 Å². The van der Waals surface area contributed by atoms with E-state index in [1.54, 1.807) is 6.21 Å². The van der Waals surface area contributed by atoms with E-state index in [0.717, 1.165) is 21.1 Å². The largest absolute Gasteiger partial charge is 0.363 e. The van der Waals surface area contributed by atoms with Gasteiger partial charge in [-0.3, -0.25) is 0 Å². The van der Waals surface area contributed by atoms with Gasteiger partial charge in [0.05, 0.1) is 6.21 Å². The summed E-state index contributed by atoms with van der Waals surface area (Å²) in [7, 11) is 0. The van der Waals surface area contributed by atoms with Crippen molar-refractivity contribution in [2.45, 2.75) is 0 Å². The molecule has 2 aromatic heterocycles. The Morgan fingerprint density at radius 2 is 2.24 bits per heavy atom. The molecule has 2 N–H and O–H groups in total. The SMILES string of the molecule is O=c1[nH]ncn1N=Cc1c[nH]c2ccccc12. The van der Waals surface area contributed by atoms with Gasteiger partial charge in [0.1, 0.15) is 6.33 Å². The predicted molar refractivity (Wildman–Crippen MR) is 64.1 cm³/mol. The molecule has 6 heteroatoms. The molecular weight excluding hydrogens is 218 g/mol. The first-order valence-electron chi connectivity index (χ1n) is 5.07. The number of fused-ring (bicyclic) bond motifs is 1. The maximum absolute atomic E-state index is 11.2. The summed E-state index contributed by atoms with van der Waals surface area (Å²) >= 11 is 0. The van der Waals surface area contributed by atoms with Crippen molar-refractivity contribution in [1.29, 1.82) is 0 Å². The zero-order valence-corrected chi connectivity index (χ0v) is 8.79. The fraction of sp³-hybridized carbons (Fsp3) is 0. The molecular formula is C11H9N5O. The lowest BCUT2D eigenvalue weighted by Crippen LogP contribution is -2.11. The lowest BCUT2D eigenvalue weighted by molar-refractivity contribution is 0.835. The Kier molecular flexibility index (Phi) is 2.11.